The van der Waals surface area contributed by atoms with Crippen LogP contribution in [0.3, 0.4) is 0 Å². The number of piperidine rings is 1. The molecule has 3 aromatic rings. The van der Waals surface area contributed by atoms with Crippen LogP contribution in [0, 0.1) is 5.92 Å². The number of methoxy groups -OCH3 is 1. The summed E-state index contributed by atoms with van der Waals surface area (Å²) < 4.78 is 6.66. The summed E-state index contributed by atoms with van der Waals surface area (Å²) in [6.07, 6.45) is 3.78. The first-order chi connectivity index (χ1) is 15.1. The first-order valence-corrected chi connectivity index (χ1v) is 10.7. The van der Waals surface area contributed by atoms with Crippen molar-refractivity contribution in [2.75, 3.05) is 20.2 Å². The molecule has 1 amide bonds. The third-order valence-corrected chi connectivity index (χ3v) is 5.86. The van der Waals surface area contributed by atoms with Crippen molar-refractivity contribution in [1.29, 1.82) is 0 Å². The highest BCUT2D eigenvalue weighted by Crippen LogP contribution is 2.23. The topological polar surface area (TPSA) is 80.5 Å². The standard InChI is InChI=1S/C24H28N4O3/c1-31-21-9-7-20(8-10-21)22(29)16-28-17-25-23(26-28)24(30)27-13-11-19(12-14-27)15-18-5-3-2-4-6-18/h2-10,17,19,22,29H,11-16H2,1H3/t22-/m1/s1. The first kappa shape index (κ1) is 21.1. The number of ether oxygens (including phenoxy) is 1. The van der Waals surface area contributed by atoms with Crippen molar-refractivity contribution in [3.8, 4) is 5.75 Å². The van der Waals surface area contributed by atoms with Gasteiger partial charge in [-0.3, -0.25) is 4.79 Å². The van der Waals surface area contributed by atoms with Crippen LogP contribution in [0.4, 0.5) is 0 Å². The maximum absolute atomic E-state index is 12.8. The van der Waals surface area contributed by atoms with Gasteiger partial charge in [-0.2, -0.15) is 0 Å². The summed E-state index contributed by atoms with van der Waals surface area (Å²) in [5, 5.41) is 14.8. The van der Waals surface area contributed by atoms with Gasteiger partial charge in [-0.05, 0) is 48.4 Å². The predicted molar refractivity (Wildman–Crippen MR) is 117 cm³/mol. The van der Waals surface area contributed by atoms with E-state index in [0.717, 1.165) is 43.7 Å². The number of amides is 1. The lowest BCUT2D eigenvalue weighted by atomic mass is 9.90. The van der Waals surface area contributed by atoms with Crippen LogP contribution in [0.1, 0.15) is 40.7 Å². The summed E-state index contributed by atoms with van der Waals surface area (Å²) in [5.74, 6) is 1.37. The fourth-order valence-electron chi connectivity index (χ4n) is 4.02. The lowest BCUT2D eigenvalue weighted by Crippen LogP contribution is -2.39. The maximum Gasteiger partial charge on any atom is 0.293 e. The molecule has 4 rings (SSSR count). The second-order valence-electron chi connectivity index (χ2n) is 8.00. The molecule has 0 spiro atoms. The molecule has 1 aliphatic rings. The van der Waals surface area contributed by atoms with Gasteiger partial charge in [-0.1, -0.05) is 42.5 Å². The van der Waals surface area contributed by atoms with Crippen molar-refractivity contribution in [2.45, 2.75) is 31.9 Å². The van der Waals surface area contributed by atoms with E-state index in [0.29, 0.717) is 5.92 Å². The minimum atomic E-state index is -0.746. The third kappa shape index (κ3) is 5.30. The van der Waals surface area contributed by atoms with Gasteiger partial charge in [0.05, 0.1) is 19.8 Å². The molecule has 2 aromatic carbocycles. The summed E-state index contributed by atoms with van der Waals surface area (Å²) >= 11 is 0. The number of hydrogen-bond acceptors (Lipinski definition) is 5. The molecule has 1 aromatic heterocycles. The van der Waals surface area contributed by atoms with E-state index in [1.165, 1.54) is 16.6 Å². The minimum absolute atomic E-state index is 0.143. The quantitative estimate of drug-likeness (QED) is 0.635. The van der Waals surface area contributed by atoms with Crippen LogP contribution in [0.25, 0.3) is 0 Å². The second-order valence-corrected chi connectivity index (χ2v) is 8.00. The molecule has 31 heavy (non-hydrogen) atoms. The van der Waals surface area contributed by atoms with Gasteiger partial charge in [0.25, 0.3) is 5.91 Å². The van der Waals surface area contributed by atoms with E-state index in [9.17, 15) is 9.90 Å². The Bertz CT molecular complexity index is 980. The summed E-state index contributed by atoms with van der Waals surface area (Å²) in [5.41, 5.74) is 2.10. The van der Waals surface area contributed by atoms with E-state index in [1.807, 2.05) is 23.1 Å². The van der Waals surface area contributed by atoms with Gasteiger partial charge in [-0.15, -0.1) is 5.10 Å². The van der Waals surface area contributed by atoms with Crippen molar-refractivity contribution in [3.05, 3.63) is 77.9 Å². The molecular formula is C24H28N4O3. The van der Waals surface area contributed by atoms with E-state index >= 15 is 0 Å². The summed E-state index contributed by atoms with van der Waals surface area (Å²) in [4.78, 5) is 18.8. The number of carbonyl (C=O) groups is 1. The first-order valence-electron chi connectivity index (χ1n) is 10.7. The maximum atomic E-state index is 12.8. The number of rotatable bonds is 7. The molecule has 7 nitrogen and oxygen atoms in total. The molecule has 0 saturated carbocycles. The molecule has 0 aliphatic carbocycles. The number of aliphatic hydroxyl groups excluding tert-OH is 1. The van der Waals surface area contributed by atoms with Crippen LogP contribution < -0.4 is 4.74 Å². The fraction of sp³-hybridized carbons (Fsp3) is 0.375. The van der Waals surface area contributed by atoms with Crippen molar-refractivity contribution >= 4 is 5.91 Å². The monoisotopic (exact) mass is 420 g/mol. The normalized spacial score (nSPS) is 15.6. The van der Waals surface area contributed by atoms with Gasteiger partial charge in [-0.25, -0.2) is 9.67 Å². The smallest absolute Gasteiger partial charge is 0.293 e. The Morgan fingerprint density at radius 3 is 2.52 bits per heavy atom. The molecule has 162 valence electrons. The van der Waals surface area contributed by atoms with Gasteiger partial charge in [0.2, 0.25) is 5.82 Å². The van der Waals surface area contributed by atoms with Gasteiger partial charge in [0, 0.05) is 13.1 Å². The Balaban J connectivity index is 1.30. The molecule has 1 aliphatic heterocycles. The Morgan fingerprint density at radius 2 is 1.84 bits per heavy atom. The minimum Gasteiger partial charge on any atom is -0.497 e. The highest BCUT2D eigenvalue weighted by Gasteiger charge is 2.26. The van der Waals surface area contributed by atoms with Crippen LogP contribution in [0.15, 0.2) is 60.9 Å². The summed E-state index contributed by atoms with van der Waals surface area (Å²) in [7, 11) is 1.60. The van der Waals surface area contributed by atoms with E-state index in [4.69, 9.17) is 4.74 Å². The number of carbonyl (C=O) groups excluding carboxylic acids is 1. The number of likely N-dealkylation sites (tertiary alicyclic amines) is 1. The molecule has 1 fully saturated rings. The summed E-state index contributed by atoms with van der Waals surface area (Å²) in [6, 6.07) is 17.7. The number of nitrogens with zero attached hydrogens (tertiary/aromatic N) is 4. The highest BCUT2D eigenvalue weighted by atomic mass is 16.5. The van der Waals surface area contributed by atoms with Crippen LogP contribution in [-0.4, -0.2) is 50.9 Å². The van der Waals surface area contributed by atoms with E-state index in [2.05, 4.69) is 34.3 Å². The number of hydrogen-bond donors (Lipinski definition) is 1. The highest BCUT2D eigenvalue weighted by molar-refractivity contribution is 5.90. The van der Waals surface area contributed by atoms with Crippen LogP contribution in [0.5, 0.6) is 5.75 Å². The molecule has 0 radical (unpaired) electrons. The van der Waals surface area contributed by atoms with Gasteiger partial charge >= 0.3 is 0 Å². The average Bonchev–Trinajstić information content (AvgIpc) is 3.28. The molecule has 1 atom stereocenters. The average molecular weight is 421 g/mol. The van der Waals surface area contributed by atoms with Crippen molar-refractivity contribution in [2.24, 2.45) is 5.92 Å². The van der Waals surface area contributed by atoms with Crippen molar-refractivity contribution in [3.63, 3.8) is 0 Å². The fourth-order valence-corrected chi connectivity index (χ4v) is 4.02. The number of aliphatic hydroxyl groups is 1. The third-order valence-electron chi connectivity index (χ3n) is 5.86. The SMILES string of the molecule is COc1ccc([C@H](O)Cn2cnc(C(=O)N3CCC(Cc4ccccc4)CC3)n2)cc1. The molecule has 0 bridgehead atoms. The molecule has 2 heterocycles. The zero-order valence-electron chi connectivity index (χ0n) is 17.7. The molecule has 0 unspecified atom stereocenters. The van der Waals surface area contributed by atoms with E-state index < -0.39 is 6.10 Å². The molecule has 7 heteroatoms. The zero-order valence-corrected chi connectivity index (χ0v) is 17.7. The molecule has 1 saturated heterocycles. The van der Waals surface area contributed by atoms with Crippen molar-refractivity contribution < 1.29 is 14.6 Å². The number of benzene rings is 2. The van der Waals surface area contributed by atoms with Crippen LogP contribution in [-0.2, 0) is 13.0 Å². The Morgan fingerprint density at radius 1 is 1.13 bits per heavy atom. The Labute approximate surface area is 182 Å². The lowest BCUT2D eigenvalue weighted by Gasteiger charge is -2.31. The van der Waals surface area contributed by atoms with Gasteiger partial charge in [0.1, 0.15) is 12.1 Å². The Kier molecular flexibility index (Phi) is 6.62. The number of aromatic nitrogens is 3. The summed E-state index contributed by atoms with van der Waals surface area (Å²) in [6.45, 7) is 1.67. The molecular weight excluding hydrogens is 392 g/mol. The van der Waals surface area contributed by atoms with Gasteiger partial charge in [0.15, 0.2) is 0 Å². The van der Waals surface area contributed by atoms with Crippen molar-refractivity contribution in [1.82, 2.24) is 19.7 Å². The Hall–Kier alpha value is -3.19. The predicted octanol–water partition coefficient (Wildman–Crippen LogP) is 3.12. The second kappa shape index (κ2) is 9.75. The lowest BCUT2D eigenvalue weighted by molar-refractivity contribution is 0.0676. The van der Waals surface area contributed by atoms with Gasteiger partial charge < -0.3 is 14.7 Å². The molecule has 1 N–H and O–H groups in total. The van der Waals surface area contributed by atoms with E-state index in [1.54, 1.807) is 19.2 Å². The van der Waals surface area contributed by atoms with Crippen LogP contribution >= 0.6 is 0 Å². The zero-order chi connectivity index (χ0) is 21.6. The van der Waals surface area contributed by atoms with Crippen LogP contribution in [0.2, 0.25) is 0 Å². The van der Waals surface area contributed by atoms with E-state index in [-0.39, 0.29) is 18.3 Å². The largest absolute Gasteiger partial charge is 0.497 e.